The molecule has 1 amide bonds. The first-order chi connectivity index (χ1) is 14.7. The highest BCUT2D eigenvalue weighted by molar-refractivity contribution is 14.0. The molecule has 2 aromatic rings. The number of carbonyl (C=O) groups is 1. The molecule has 2 aliphatic heterocycles. The van der Waals surface area contributed by atoms with Crippen LogP contribution in [0.4, 0.5) is 5.00 Å². The first-order valence-corrected chi connectivity index (χ1v) is 11.8. The van der Waals surface area contributed by atoms with Gasteiger partial charge in [0.05, 0.1) is 5.00 Å². The summed E-state index contributed by atoms with van der Waals surface area (Å²) in [6.07, 6.45) is 1.35. The summed E-state index contributed by atoms with van der Waals surface area (Å²) < 4.78 is 0. The second-order valence-corrected chi connectivity index (χ2v) is 8.71. The van der Waals surface area contributed by atoms with Gasteiger partial charge in [-0.15, -0.1) is 35.3 Å². The maximum absolute atomic E-state index is 12.6. The summed E-state index contributed by atoms with van der Waals surface area (Å²) >= 11 is 1.80. The molecule has 1 saturated heterocycles. The smallest absolute Gasteiger partial charge is 0.223 e. The molecular formula is C23H32IN5OS. The van der Waals surface area contributed by atoms with Crippen molar-refractivity contribution in [2.45, 2.75) is 32.9 Å². The second-order valence-electron chi connectivity index (χ2n) is 7.78. The Morgan fingerprint density at radius 3 is 2.35 bits per heavy atom. The normalized spacial score (nSPS) is 16.2. The number of benzene rings is 1. The minimum Gasteiger partial charge on any atom is -0.360 e. The van der Waals surface area contributed by atoms with E-state index in [0.29, 0.717) is 13.0 Å². The lowest BCUT2D eigenvalue weighted by Gasteiger charge is -2.37. The number of fused-ring (bicyclic) bond motifs is 1. The molecule has 1 fully saturated rings. The first-order valence-electron chi connectivity index (χ1n) is 10.9. The van der Waals surface area contributed by atoms with Crippen molar-refractivity contribution in [3.8, 4) is 0 Å². The van der Waals surface area contributed by atoms with Crippen molar-refractivity contribution in [1.29, 1.82) is 0 Å². The maximum atomic E-state index is 12.6. The largest absolute Gasteiger partial charge is 0.360 e. The van der Waals surface area contributed by atoms with Gasteiger partial charge >= 0.3 is 0 Å². The summed E-state index contributed by atoms with van der Waals surface area (Å²) in [5.41, 5.74) is 2.56. The molecule has 0 aliphatic carbocycles. The first kappa shape index (κ1) is 23.8. The Balaban J connectivity index is 0.00000272. The SMILES string of the molecule is CCNC(=NCCCC(=O)N1Cc2ccccc2C1)N1CCN(c2cccs2)CC1.I. The predicted octanol–water partition coefficient (Wildman–Crippen LogP) is 3.78. The molecule has 1 N–H and O–H groups in total. The lowest BCUT2D eigenvalue weighted by Crippen LogP contribution is -2.52. The van der Waals surface area contributed by atoms with Gasteiger partial charge in [-0.25, -0.2) is 0 Å². The molecule has 8 heteroatoms. The number of guanidine groups is 1. The third-order valence-electron chi connectivity index (χ3n) is 5.74. The van der Waals surface area contributed by atoms with Crippen molar-refractivity contribution in [2.24, 2.45) is 4.99 Å². The summed E-state index contributed by atoms with van der Waals surface area (Å²) in [6, 6.07) is 12.6. The Kier molecular flexibility index (Phi) is 9.01. The number of halogens is 1. The number of piperazine rings is 1. The zero-order chi connectivity index (χ0) is 20.8. The van der Waals surface area contributed by atoms with Crippen molar-refractivity contribution in [2.75, 3.05) is 44.2 Å². The van der Waals surface area contributed by atoms with E-state index in [1.54, 1.807) is 11.3 Å². The minimum absolute atomic E-state index is 0. The molecule has 1 aromatic carbocycles. The van der Waals surface area contributed by atoms with Crippen LogP contribution in [0.25, 0.3) is 0 Å². The molecule has 0 saturated carbocycles. The van der Waals surface area contributed by atoms with Crippen LogP contribution < -0.4 is 10.2 Å². The Hall–Kier alpha value is -1.81. The van der Waals surface area contributed by atoms with E-state index in [2.05, 4.69) is 51.7 Å². The molecule has 2 aliphatic rings. The number of hydrogen-bond donors (Lipinski definition) is 1. The van der Waals surface area contributed by atoms with Gasteiger partial charge in [0.1, 0.15) is 0 Å². The van der Waals surface area contributed by atoms with E-state index in [4.69, 9.17) is 4.99 Å². The van der Waals surface area contributed by atoms with Crippen LogP contribution in [0.15, 0.2) is 46.8 Å². The fourth-order valence-corrected chi connectivity index (χ4v) is 4.88. The van der Waals surface area contributed by atoms with Crippen LogP contribution in [0.2, 0.25) is 0 Å². The Labute approximate surface area is 206 Å². The lowest BCUT2D eigenvalue weighted by atomic mass is 10.1. The second kappa shape index (κ2) is 11.7. The average molecular weight is 554 g/mol. The molecule has 4 rings (SSSR count). The van der Waals surface area contributed by atoms with Crippen molar-refractivity contribution >= 4 is 52.2 Å². The molecule has 3 heterocycles. The lowest BCUT2D eigenvalue weighted by molar-refractivity contribution is -0.131. The Bertz CT molecular complexity index is 840. The van der Waals surface area contributed by atoms with Crippen molar-refractivity contribution < 1.29 is 4.79 Å². The van der Waals surface area contributed by atoms with Crippen molar-refractivity contribution in [3.63, 3.8) is 0 Å². The monoisotopic (exact) mass is 553 g/mol. The van der Waals surface area contributed by atoms with Gasteiger partial charge in [-0.2, -0.15) is 0 Å². The van der Waals surface area contributed by atoms with E-state index in [1.165, 1.54) is 16.1 Å². The van der Waals surface area contributed by atoms with Gasteiger partial charge in [-0.1, -0.05) is 24.3 Å². The van der Waals surface area contributed by atoms with Gasteiger partial charge in [-0.05, 0) is 42.0 Å². The van der Waals surface area contributed by atoms with Gasteiger partial charge in [0.15, 0.2) is 5.96 Å². The van der Waals surface area contributed by atoms with Crippen molar-refractivity contribution in [1.82, 2.24) is 15.1 Å². The van der Waals surface area contributed by atoms with Crippen molar-refractivity contribution in [3.05, 3.63) is 52.9 Å². The number of nitrogens with one attached hydrogen (secondary N) is 1. The highest BCUT2D eigenvalue weighted by Gasteiger charge is 2.23. The third kappa shape index (κ3) is 6.12. The van der Waals surface area contributed by atoms with Crippen LogP contribution in [0.5, 0.6) is 0 Å². The van der Waals surface area contributed by atoms with E-state index >= 15 is 0 Å². The van der Waals surface area contributed by atoms with Crippen LogP contribution in [-0.4, -0.2) is 60.9 Å². The van der Waals surface area contributed by atoms with E-state index < -0.39 is 0 Å². The number of nitrogens with zero attached hydrogens (tertiary/aromatic N) is 4. The minimum atomic E-state index is 0. The number of amides is 1. The number of anilines is 1. The van der Waals surface area contributed by atoms with Gasteiger partial charge < -0.3 is 20.0 Å². The molecule has 0 spiro atoms. The molecular weight excluding hydrogens is 521 g/mol. The summed E-state index contributed by atoms with van der Waals surface area (Å²) in [7, 11) is 0. The zero-order valence-electron chi connectivity index (χ0n) is 18.1. The molecule has 6 nitrogen and oxygen atoms in total. The number of hydrogen-bond acceptors (Lipinski definition) is 4. The van der Waals surface area contributed by atoms with E-state index in [9.17, 15) is 4.79 Å². The molecule has 168 valence electrons. The topological polar surface area (TPSA) is 51.2 Å². The fourth-order valence-electron chi connectivity index (χ4n) is 4.10. The molecule has 0 bridgehead atoms. The average Bonchev–Trinajstić information content (AvgIpc) is 3.46. The van der Waals surface area contributed by atoms with Crippen LogP contribution in [-0.2, 0) is 17.9 Å². The summed E-state index contributed by atoms with van der Waals surface area (Å²) in [5.74, 6) is 1.21. The van der Waals surface area contributed by atoms with Crippen LogP contribution >= 0.6 is 35.3 Å². The van der Waals surface area contributed by atoms with Gasteiger partial charge in [0, 0.05) is 58.8 Å². The third-order valence-corrected chi connectivity index (χ3v) is 6.66. The highest BCUT2D eigenvalue weighted by atomic mass is 127. The quantitative estimate of drug-likeness (QED) is 0.256. The van der Waals surface area contributed by atoms with Crippen LogP contribution in [0, 0.1) is 0 Å². The summed E-state index contributed by atoms with van der Waals surface area (Å²) in [6.45, 7) is 9.09. The predicted molar refractivity (Wildman–Crippen MR) is 139 cm³/mol. The number of thiophene rings is 1. The Morgan fingerprint density at radius 1 is 1.03 bits per heavy atom. The van der Waals surface area contributed by atoms with Gasteiger partial charge in [0.25, 0.3) is 0 Å². The summed E-state index contributed by atoms with van der Waals surface area (Å²) in [4.78, 5) is 24.1. The number of aliphatic imine (C=N–C) groups is 1. The Morgan fingerprint density at radius 2 is 1.74 bits per heavy atom. The zero-order valence-corrected chi connectivity index (χ0v) is 21.3. The molecule has 0 radical (unpaired) electrons. The maximum Gasteiger partial charge on any atom is 0.223 e. The number of rotatable bonds is 6. The number of carbonyl (C=O) groups excluding carboxylic acids is 1. The standard InChI is InChI=1S/C23H31N5OS.HI/c1-2-24-23(27-14-12-26(13-15-27)22-10-6-16-30-22)25-11-5-9-21(29)28-17-19-7-3-4-8-20(19)18-28;/h3-4,6-8,10,16H,2,5,9,11-15,17-18H2,1H3,(H,24,25);1H. The highest BCUT2D eigenvalue weighted by Crippen LogP contribution is 2.23. The van der Waals surface area contributed by atoms with Crippen LogP contribution in [0.1, 0.15) is 30.9 Å². The van der Waals surface area contributed by atoms with E-state index in [1.807, 2.05) is 17.0 Å². The van der Waals surface area contributed by atoms with E-state index in [0.717, 1.165) is 58.2 Å². The van der Waals surface area contributed by atoms with E-state index in [-0.39, 0.29) is 29.9 Å². The molecule has 0 unspecified atom stereocenters. The fraction of sp³-hybridized carbons (Fsp3) is 0.478. The summed E-state index contributed by atoms with van der Waals surface area (Å²) in [5, 5.41) is 6.90. The van der Waals surface area contributed by atoms with Gasteiger partial charge in [-0.3, -0.25) is 9.79 Å². The van der Waals surface area contributed by atoms with Gasteiger partial charge in [0.2, 0.25) is 5.91 Å². The molecule has 1 aromatic heterocycles. The molecule has 0 atom stereocenters. The van der Waals surface area contributed by atoms with Crippen LogP contribution in [0.3, 0.4) is 0 Å². The molecule has 31 heavy (non-hydrogen) atoms.